The standard InChI is InChI=1S/C19H30O2/c1-18-9-7-13(20)11-12(18)3-4-14-15-5-6-17(21)19(15,2)10-8-16(14)18/h12,14-17,21H,3-11H2,1-2H3/t12-,14?,15?,16?,17+,18?,19?/m1/s1. The third-order valence-corrected chi connectivity index (χ3v) is 8.43. The van der Waals surface area contributed by atoms with Crippen LogP contribution in [0.3, 0.4) is 0 Å². The molecule has 1 N–H and O–H groups in total. The Bertz CT molecular complexity index is 458. The van der Waals surface area contributed by atoms with Crippen molar-refractivity contribution in [3.63, 3.8) is 0 Å². The molecule has 4 saturated carbocycles. The highest BCUT2D eigenvalue weighted by Crippen LogP contribution is 2.65. The van der Waals surface area contributed by atoms with Gasteiger partial charge in [0.2, 0.25) is 0 Å². The summed E-state index contributed by atoms with van der Waals surface area (Å²) in [6.45, 7) is 4.85. The molecule has 4 rings (SSSR count). The van der Waals surface area contributed by atoms with E-state index in [9.17, 15) is 9.90 Å². The molecule has 0 aromatic carbocycles. The van der Waals surface area contributed by atoms with Crippen molar-refractivity contribution in [3.05, 3.63) is 0 Å². The van der Waals surface area contributed by atoms with Crippen molar-refractivity contribution < 1.29 is 9.90 Å². The normalized spacial score (nSPS) is 56.5. The van der Waals surface area contributed by atoms with Crippen LogP contribution in [-0.2, 0) is 4.79 Å². The number of aliphatic hydroxyl groups excluding tert-OH is 1. The first-order chi connectivity index (χ1) is 9.95. The second-order valence-corrected chi connectivity index (χ2v) is 9.04. The first-order valence-electron chi connectivity index (χ1n) is 9.15. The molecule has 4 fully saturated rings. The van der Waals surface area contributed by atoms with Crippen LogP contribution in [-0.4, -0.2) is 17.0 Å². The molecule has 0 aromatic heterocycles. The van der Waals surface area contributed by atoms with E-state index >= 15 is 0 Å². The lowest BCUT2D eigenvalue weighted by atomic mass is 9.45. The summed E-state index contributed by atoms with van der Waals surface area (Å²) >= 11 is 0. The number of carbonyl (C=O) groups is 1. The van der Waals surface area contributed by atoms with Crippen LogP contribution in [0.15, 0.2) is 0 Å². The van der Waals surface area contributed by atoms with Gasteiger partial charge in [-0.25, -0.2) is 0 Å². The SMILES string of the molecule is CC12CCC(=O)C[C@H]1CCC1C2CCC2(C)C1CC[C@@H]2O. The zero-order valence-corrected chi connectivity index (χ0v) is 13.6. The first kappa shape index (κ1) is 14.2. The van der Waals surface area contributed by atoms with E-state index in [-0.39, 0.29) is 11.5 Å². The number of carbonyl (C=O) groups excluding carboxylic acids is 1. The zero-order valence-electron chi connectivity index (χ0n) is 13.6. The van der Waals surface area contributed by atoms with E-state index < -0.39 is 0 Å². The zero-order chi connectivity index (χ0) is 14.8. The van der Waals surface area contributed by atoms with Gasteiger partial charge < -0.3 is 5.11 Å². The van der Waals surface area contributed by atoms with Gasteiger partial charge in [-0.15, -0.1) is 0 Å². The Hall–Kier alpha value is -0.370. The lowest BCUT2D eigenvalue weighted by Gasteiger charge is -2.60. The van der Waals surface area contributed by atoms with E-state index in [4.69, 9.17) is 0 Å². The molecule has 2 nitrogen and oxygen atoms in total. The molecule has 0 saturated heterocycles. The fourth-order valence-corrected chi connectivity index (χ4v) is 7.02. The molecule has 0 heterocycles. The Balaban J connectivity index is 1.64. The second-order valence-electron chi connectivity index (χ2n) is 9.04. The molecular formula is C19H30O2. The lowest BCUT2D eigenvalue weighted by molar-refractivity contribution is -0.141. The summed E-state index contributed by atoms with van der Waals surface area (Å²) in [5, 5.41) is 10.5. The summed E-state index contributed by atoms with van der Waals surface area (Å²) in [5.74, 6) is 3.52. The summed E-state index contributed by atoms with van der Waals surface area (Å²) in [4.78, 5) is 11.9. The van der Waals surface area contributed by atoms with Gasteiger partial charge in [-0.2, -0.15) is 0 Å². The molecule has 0 aliphatic heterocycles. The van der Waals surface area contributed by atoms with Gasteiger partial charge in [-0.05, 0) is 79.4 Å². The van der Waals surface area contributed by atoms with Gasteiger partial charge in [0.1, 0.15) is 5.78 Å². The minimum absolute atomic E-state index is 0.0677. The number of hydrogen-bond donors (Lipinski definition) is 1. The summed E-state index contributed by atoms with van der Waals surface area (Å²) in [6, 6.07) is 0. The third-order valence-electron chi connectivity index (χ3n) is 8.43. The van der Waals surface area contributed by atoms with Gasteiger partial charge >= 0.3 is 0 Å². The van der Waals surface area contributed by atoms with E-state index in [0.717, 1.165) is 43.4 Å². The fraction of sp³-hybridized carbons (Fsp3) is 0.947. The van der Waals surface area contributed by atoms with E-state index in [1.807, 2.05) is 0 Å². The van der Waals surface area contributed by atoms with Crippen LogP contribution in [0.25, 0.3) is 0 Å². The minimum Gasteiger partial charge on any atom is -0.393 e. The van der Waals surface area contributed by atoms with Crippen LogP contribution in [0.4, 0.5) is 0 Å². The highest BCUT2D eigenvalue weighted by molar-refractivity contribution is 5.79. The summed E-state index contributed by atoms with van der Waals surface area (Å²) in [7, 11) is 0. The molecular weight excluding hydrogens is 260 g/mol. The quantitative estimate of drug-likeness (QED) is 0.733. The Labute approximate surface area is 128 Å². The maximum atomic E-state index is 11.9. The molecule has 21 heavy (non-hydrogen) atoms. The van der Waals surface area contributed by atoms with Gasteiger partial charge in [0.05, 0.1) is 6.10 Å². The number of aliphatic hydroxyl groups is 1. The van der Waals surface area contributed by atoms with E-state index in [2.05, 4.69) is 13.8 Å². The molecule has 0 radical (unpaired) electrons. The number of fused-ring (bicyclic) bond motifs is 5. The Morgan fingerprint density at radius 1 is 0.952 bits per heavy atom. The van der Waals surface area contributed by atoms with E-state index in [0.29, 0.717) is 17.1 Å². The van der Waals surface area contributed by atoms with Crippen molar-refractivity contribution in [1.29, 1.82) is 0 Å². The van der Waals surface area contributed by atoms with Gasteiger partial charge in [-0.3, -0.25) is 4.79 Å². The molecule has 4 aliphatic carbocycles. The average molecular weight is 290 g/mol. The molecule has 0 spiro atoms. The third kappa shape index (κ3) is 1.84. The van der Waals surface area contributed by atoms with E-state index in [1.165, 1.54) is 32.1 Å². The second kappa shape index (κ2) is 4.57. The van der Waals surface area contributed by atoms with Crippen molar-refractivity contribution in [1.82, 2.24) is 0 Å². The number of hydrogen-bond acceptors (Lipinski definition) is 2. The van der Waals surface area contributed by atoms with Crippen molar-refractivity contribution in [2.45, 2.75) is 77.7 Å². The summed E-state index contributed by atoms with van der Waals surface area (Å²) in [6.07, 6.45) is 10.0. The maximum absolute atomic E-state index is 11.9. The predicted octanol–water partition coefficient (Wildman–Crippen LogP) is 3.96. The molecule has 0 amide bonds. The van der Waals surface area contributed by atoms with Crippen molar-refractivity contribution in [2.75, 3.05) is 0 Å². The summed E-state index contributed by atoms with van der Waals surface area (Å²) in [5.41, 5.74) is 0.598. The number of ketones is 1. The van der Waals surface area contributed by atoms with Gasteiger partial charge in [0, 0.05) is 12.8 Å². The van der Waals surface area contributed by atoms with Gasteiger partial charge in [0.15, 0.2) is 0 Å². The Morgan fingerprint density at radius 2 is 1.71 bits per heavy atom. The van der Waals surface area contributed by atoms with Crippen LogP contribution in [0, 0.1) is 34.5 Å². The Kier molecular flexibility index (Phi) is 3.10. The van der Waals surface area contributed by atoms with Gasteiger partial charge in [0.25, 0.3) is 0 Å². The summed E-state index contributed by atoms with van der Waals surface area (Å²) < 4.78 is 0. The van der Waals surface area contributed by atoms with E-state index in [1.54, 1.807) is 0 Å². The number of rotatable bonds is 0. The molecule has 2 heteroatoms. The van der Waals surface area contributed by atoms with Crippen LogP contribution < -0.4 is 0 Å². The van der Waals surface area contributed by atoms with Crippen LogP contribution >= 0.6 is 0 Å². The van der Waals surface area contributed by atoms with Crippen LogP contribution in [0.2, 0.25) is 0 Å². The highest BCUT2D eigenvalue weighted by atomic mass is 16.3. The smallest absolute Gasteiger partial charge is 0.133 e. The van der Waals surface area contributed by atoms with Crippen molar-refractivity contribution in [2.24, 2.45) is 34.5 Å². The lowest BCUT2D eigenvalue weighted by Crippen LogP contribution is -2.54. The molecule has 0 bridgehead atoms. The first-order valence-corrected chi connectivity index (χ1v) is 9.15. The monoisotopic (exact) mass is 290 g/mol. The average Bonchev–Trinajstić information content (AvgIpc) is 2.76. The predicted molar refractivity (Wildman–Crippen MR) is 82.7 cm³/mol. The maximum Gasteiger partial charge on any atom is 0.133 e. The largest absolute Gasteiger partial charge is 0.393 e. The molecule has 7 atom stereocenters. The molecule has 118 valence electrons. The topological polar surface area (TPSA) is 37.3 Å². The van der Waals surface area contributed by atoms with Crippen molar-refractivity contribution >= 4 is 5.78 Å². The fourth-order valence-electron chi connectivity index (χ4n) is 7.02. The molecule has 0 aromatic rings. The van der Waals surface area contributed by atoms with Crippen molar-refractivity contribution in [3.8, 4) is 0 Å². The van der Waals surface area contributed by atoms with Crippen LogP contribution in [0.5, 0.6) is 0 Å². The van der Waals surface area contributed by atoms with Crippen LogP contribution in [0.1, 0.15) is 71.6 Å². The Morgan fingerprint density at radius 3 is 2.52 bits per heavy atom. The number of Topliss-reactive ketones (excluding diaryl/α,β-unsaturated/α-hetero) is 1. The molecule has 5 unspecified atom stereocenters. The van der Waals surface area contributed by atoms with Gasteiger partial charge in [-0.1, -0.05) is 13.8 Å². The minimum atomic E-state index is -0.0677. The molecule has 4 aliphatic rings. The highest BCUT2D eigenvalue weighted by Gasteiger charge is 2.59.